The van der Waals surface area contributed by atoms with E-state index in [2.05, 4.69) is 0 Å². The van der Waals surface area contributed by atoms with E-state index in [0.717, 1.165) is 0 Å². The zero-order chi connectivity index (χ0) is 15.2. The molecule has 19 heavy (non-hydrogen) atoms. The standard InChI is InChI=1S/C9H2F10/c10-4-2(1-8(14,15)16)5(11)7(13)3(6(4)12)9(17,18)19/h1H2. The predicted octanol–water partition coefficient (Wildman–Crippen LogP) is 4.37. The minimum atomic E-state index is -5.79. The Morgan fingerprint density at radius 3 is 1.26 bits per heavy atom. The molecule has 1 aromatic carbocycles. The van der Waals surface area contributed by atoms with Crippen LogP contribution in [0.5, 0.6) is 0 Å². The van der Waals surface area contributed by atoms with E-state index in [1.165, 1.54) is 0 Å². The molecule has 108 valence electrons. The third-order valence-corrected chi connectivity index (χ3v) is 2.01. The van der Waals surface area contributed by atoms with Gasteiger partial charge in [0.2, 0.25) is 0 Å². The summed E-state index contributed by atoms with van der Waals surface area (Å²) in [6, 6.07) is 0. The minimum Gasteiger partial charge on any atom is -0.203 e. The van der Waals surface area contributed by atoms with Crippen LogP contribution in [0, 0.1) is 23.3 Å². The van der Waals surface area contributed by atoms with Gasteiger partial charge >= 0.3 is 12.4 Å². The van der Waals surface area contributed by atoms with Crippen molar-refractivity contribution in [3.8, 4) is 0 Å². The Bertz CT molecular complexity index is 466. The first-order valence-electron chi connectivity index (χ1n) is 4.35. The second-order valence-electron chi connectivity index (χ2n) is 3.40. The van der Waals surface area contributed by atoms with Gasteiger partial charge in [0.15, 0.2) is 23.3 Å². The zero-order valence-electron chi connectivity index (χ0n) is 8.49. The van der Waals surface area contributed by atoms with Crippen LogP contribution in [-0.2, 0) is 12.6 Å². The van der Waals surface area contributed by atoms with Gasteiger partial charge in [0.1, 0.15) is 5.56 Å². The molecule has 1 rings (SSSR count). The second-order valence-corrected chi connectivity index (χ2v) is 3.40. The molecule has 0 aliphatic carbocycles. The van der Waals surface area contributed by atoms with Crippen molar-refractivity contribution in [2.75, 3.05) is 0 Å². The fourth-order valence-electron chi connectivity index (χ4n) is 1.28. The van der Waals surface area contributed by atoms with Gasteiger partial charge < -0.3 is 0 Å². The molecule has 0 aliphatic rings. The molecule has 0 aromatic heterocycles. The van der Waals surface area contributed by atoms with E-state index in [1.54, 1.807) is 0 Å². The van der Waals surface area contributed by atoms with Crippen LogP contribution in [0.1, 0.15) is 11.1 Å². The lowest BCUT2D eigenvalue weighted by Crippen LogP contribution is -2.20. The van der Waals surface area contributed by atoms with Crippen LogP contribution in [0.25, 0.3) is 0 Å². The van der Waals surface area contributed by atoms with E-state index in [0.29, 0.717) is 0 Å². The van der Waals surface area contributed by atoms with E-state index in [-0.39, 0.29) is 0 Å². The van der Waals surface area contributed by atoms with Crippen molar-refractivity contribution < 1.29 is 43.9 Å². The molecule has 0 spiro atoms. The number of hydrogen-bond donors (Lipinski definition) is 0. The Morgan fingerprint density at radius 2 is 1.00 bits per heavy atom. The Balaban J connectivity index is 3.57. The van der Waals surface area contributed by atoms with E-state index < -0.39 is 53.2 Å². The highest BCUT2D eigenvalue weighted by Crippen LogP contribution is 2.38. The summed E-state index contributed by atoms with van der Waals surface area (Å²) in [7, 11) is 0. The highest BCUT2D eigenvalue weighted by atomic mass is 19.4. The maximum absolute atomic E-state index is 13.0. The van der Waals surface area contributed by atoms with Crippen LogP contribution in [0.2, 0.25) is 0 Å². The Hall–Kier alpha value is -1.48. The van der Waals surface area contributed by atoms with Gasteiger partial charge in [0.25, 0.3) is 0 Å². The lowest BCUT2D eigenvalue weighted by molar-refractivity contribution is -0.143. The maximum Gasteiger partial charge on any atom is 0.422 e. The van der Waals surface area contributed by atoms with Gasteiger partial charge in [0, 0.05) is 5.56 Å². The van der Waals surface area contributed by atoms with Crippen LogP contribution in [0.4, 0.5) is 43.9 Å². The molecule has 0 heterocycles. The minimum absolute atomic E-state index is 2.14. The molecular weight excluding hydrogens is 298 g/mol. The van der Waals surface area contributed by atoms with Crippen molar-refractivity contribution in [2.45, 2.75) is 18.8 Å². The maximum atomic E-state index is 13.0. The first-order valence-corrected chi connectivity index (χ1v) is 4.35. The summed E-state index contributed by atoms with van der Waals surface area (Å²) in [6.07, 6.45) is -13.5. The van der Waals surface area contributed by atoms with E-state index in [9.17, 15) is 43.9 Å². The van der Waals surface area contributed by atoms with E-state index >= 15 is 0 Å². The van der Waals surface area contributed by atoms with Crippen LogP contribution >= 0.6 is 0 Å². The molecule has 0 saturated heterocycles. The largest absolute Gasteiger partial charge is 0.422 e. The Kier molecular flexibility index (Phi) is 3.74. The van der Waals surface area contributed by atoms with Crippen molar-refractivity contribution in [3.63, 3.8) is 0 Å². The smallest absolute Gasteiger partial charge is 0.203 e. The molecular formula is C9H2F10. The summed E-state index contributed by atoms with van der Waals surface area (Å²) in [5.41, 5.74) is -5.05. The summed E-state index contributed by atoms with van der Waals surface area (Å²) in [4.78, 5) is 0. The first kappa shape index (κ1) is 15.6. The summed E-state index contributed by atoms with van der Waals surface area (Å²) < 4.78 is 124. The third kappa shape index (κ3) is 3.10. The molecule has 0 N–H and O–H groups in total. The lowest BCUT2D eigenvalue weighted by Gasteiger charge is -2.14. The fraction of sp³-hybridized carbons (Fsp3) is 0.333. The van der Waals surface area contributed by atoms with Crippen molar-refractivity contribution >= 4 is 0 Å². The number of hydrogen-bond acceptors (Lipinski definition) is 0. The van der Waals surface area contributed by atoms with Gasteiger partial charge in [-0.25, -0.2) is 17.6 Å². The van der Waals surface area contributed by atoms with Crippen LogP contribution < -0.4 is 0 Å². The van der Waals surface area contributed by atoms with E-state index in [4.69, 9.17) is 0 Å². The van der Waals surface area contributed by atoms with Crippen molar-refractivity contribution in [1.82, 2.24) is 0 Å². The summed E-state index contributed by atoms with van der Waals surface area (Å²) in [5, 5.41) is 0. The molecule has 0 radical (unpaired) electrons. The molecule has 10 heteroatoms. The lowest BCUT2D eigenvalue weighted by atomic mass is 10.0. The molecule has 0 atom stereocenters. The Morgan fingerprint density at radius 1 is 0.632 bits per heavy atom. The number of benzene rings is 1. The molecule has 0 unspecified atom stereocenters. The summed E-state index contributed by atoms with van der Waals surface area (Å²) in [5.74, 6) is -11.3. The predicted molar refractivity (Wildman–Crippen MR) is 41.0 cm³/mol. The Labute approximate surface area is 98.2 Å². The normalized spacial score (nSPS) is 12.9. The number of halogens is 10. The average Bonchev–Trinajstić information content (AvgIpc) is 2.18. The van der Waals surface area contributed by atoms with E-state index in [1.807, 2.05) is 0 Å². The average molecular weight is 300 g/mol. The van der Waals surface area contributed by atoms with Crippen molar-refractivity contribution in [3.05, 3.63) is 34.4 Å². The topological polar surface area (TPSA) is 0 Å². The quantitative estimate of drug-likeness (QED) is 0.534. The van der Waals surface area contributed by atoms with Crippen molar-refractivity contribution in [2.24, 2.45) is 0 Å². The highest BCUT2D eigenvalue weighted by Gasteiger charge is 2.43. The van der Waals surface area contributed by atoms with Gasteiger partial charge in [0.05, 0.1) is 6.42 Å². The van der Waals surface area contributed by atoms with Crippen LogP contribution in [0.15, 0.2) is 0 Å². The van der Waals surface area contributed by atoms with Gasteiger partial charge in [-0.15, -0.1) is 0 Å². The second kappa shape index (κ2) is 4.57. The molecule has 1 aromatic rings. The van der Waals surface area contributed by atoms with Gasteiger partial charge in [-0.2, -0.15) is 26.3 Å². The molecule has 0 aliphatic heterocycles. The van der Waals surface area contributed by atoms with Gasteiger partial charge in [-0.1, -0.05) is 0 Å². The fourth-order valence-corrected chi connectivity index (χ4v) is 1.28. The summed E-state index contributed by atoms with van der Waals surface area (Å²) in [6.45, 7) is 0. The molecule has 0 nitrogen and oxygen atoms in total. The van der Waals surface area contributed by atoms with Crippen molar-refractivity contribution in [1.29, 1.82) is 0 Å². The molecule has 0 saturated carbocycles. The van der Waals surface area contributed by atoms with Gasteiger partial charge in [-0.3, -0.25) is 0 Å². The van der Waals surface area contributed by atoms with Gasteiger partial charge in [-0.05, 0) is 0 Å². The third-order valence-electron chi connectivity index (χ3n) is 2.01. The monoisotopic (exact) mass is 300 g/mol. The number of rotatable bonds is 1. The molecule has 0 amide bonds. The number of alkyl halides is 6. The highest BCUT2D eigenvalue weighted by molar-refractivity contribution is 5.32. The molecule has 0 bridgehead atoms. The molecule has 0 fully saturated rings. The van der Waals surface area contributed by atoms with Crippen LogP contribution in [-0.4, -0.2) is 6.18 Å². The van der Waals surface area contributed by atoms with Crippen LogP contribution in [0.3, 0.4) is 0 Å². The first-order chi connectivity index (χ1) is 8.36. The zero-order valence-corrected chi connectivity index (χ0v) is 8.49. The summed E-state index contributed by atoms with van der Waals surface area (Å²) >= 11 is 0. The SMILES string of the molecule is Fc1c(F)c(C(F)(F)F)c(F)c(F)c1CC(F)(F)F.